The monoisotopic (exact) mass is 536 g/mol. The Morgan fingerprint density at radius 3 is 2.55 bits per heavy atom. The van der Waals surface area contributed by atoms with Gasteiger partial charge in [0.15, 0.2) is 0 Å². The molecule has 3 aliphatic heterocycles. The maximum Gasteiger partial charge on any atom is 0.324 e. The Morgan fingerprint density at radius 2 is 1.84 bits per heavy atom. The normalized spacial score (nSPS) is 27.9. The van der Waals surface area contributed by atoms with Crippen molar-refractivity contribution in [1.29, 1.82) is 10.5 Å². The summed E-state index contributed by atoms with van der Waals surface area (Å²) < 4.78 is 26.3. The molecule has 10 nitrogen and oxygen atoms in total. The maximum atomic E-state index is 14.2. The number of ether oxygens (including phenoxy) is 2. The van der Waals surface area contributed by atoms with E-state index in [0.717, 1.165) is 50.6 Å². The fourth-order valence-corrected chi connectivity index (χ4v) is 7.99. The third-order valence-electron chi connectivity index (χ3n) is 9.13. The molecular formula is C26H29FN8O2S. The number of alkyl halides is 1. The van der Waals surface area contributed by atoms with E-state index in [1.54, 1.807) is 0 Å². The van der Waals surface area contributed by atoms with Gasteiger partial charge in [0.2, 0.25) is 5.95 Å². The molecule has 0 bridgehead atoms. The SMILES string of the molecule is N#Cc1c(N)sc2c1C1(CC2)CN(c2nc(OCC3(C#N)CC3)nc(OC[C@@]34CCCN3C[C@H](F)C4)n2)C1. The van der Waals surface area contributed by atoms with Gasteiger partial charge in [-0.05, 0) is 50.6 Å². The minimum Gasteiger partial charge on any atom is -0.462 e. The van der Waals surface area contributed by atoms with E-state index in [9.17, 15) is 14.9 Å². The zero-order chi connectivity index (χ0) is 26.1. The van der Waals surface area contributed by atoms with Gasteiger partial charge in [-0.3, -0.25) is 4.90 Å². The minimum absolute atomic E-state index is 0.132. The van der Waals surface area contributed by atoms with Crippen LogP contribution in [0.2, 0.25) is 0 Å². The summed E-state index contributed by atoms with van der Waals surface area (Å²) in [6.45, 7) is 3.19. The molecule has 7 rings (SSSR count). The molecule has 1 saturated carbocycles. The Labute approximate surface area is 224 Å². The molecule has 2 N–H and O–H groups in total. The number of hydrogen-bond donors (Lipinski definition) is 1. The second kappa shape index (κ2) is 8.39. The van der Waals surface area contributed by atoms with Crippen LogP contribution in [0.5, 0.6) is 12.0 Å². The van der Waals surface area contributed by atoms with E-state index in [4.69, 9.17) is 15.2 Å². The van der Waals surface area contributed by atoms with Crippen molar-refractivity contribution in [3.63, 3.8) is 0 Å². The van der Waals surface area contributed by atoms with E-state index in [0.29, 0.717) is 49.2 Å². The minimum atomic E-state index is -0.842. The fraction of sp³-hybridized carbons (Fsp3) is 0.654. The van der Waals surface area contributed by atoms with E-state index in [-0.39, 0.29) is 29.6 Å². The molecule has 1 spiro atoms. The highest BCUT2D eigenvalue weighted by atomic mass is 32.1. The van der Waals surface area contributed by atoms with Crippen LogP contribution >= 0.6 is 11.3 Å². The summed E-state index contributed by atoms with van der Waals surface area (Å²) >= 11 is 1.52. The summed E-state index contributed by atoms with van der Waals surface area (Å²) in [6.07, 6.45) is 5.02. The van der Waals surface area contributed by atoms with Crippen molar-refractivity contribution >= 4 is 22.3 Å². The lowest BCUT2D eigenvalue weighted by Gasteiger charge is -2.48. The van der Waals surface area contributed by atoms with E-state index in [1.807, 2.05) is 0 Å². The number of fused-ring (bicyclic) bond motifs is 3. The molecule has 0 aromatic carbocycles. The molecule has 2 aliphatic carbocycles. The molecule has 0 amide bonds. The summed E-state index contributed by atoms with van der Waals surface area (Å²) in [5.41, 5.74) is 6.91. The first-order valence-electron chi connectivity index (χ1n) is 13.3. The Hall–Kier alpha value is -3.22. The average Bonchev–Trinajstić information content (AvgIpc) is 3.07. The van der Waals surface area contributed by atoms with Gasteiger partial charge >= 0.3 is 12.0 Å². The number of hydrogen-bond acceptors (Lipinski definition) is 11. The van der Waals surface area contributed by atoms with Crippen molar-refractivity contribution in [2.45, 2.75) is 62.1 Å². The fourth-order valence-electron chi connectivity index (χ4n) is 6.85. The van der Waals surface area contributed by atoms with Crippen molar-refractivity contribution in [1.82, 2.24) is 19.9 Å². The van der Waals surface area contributed by atoms with Gasteiger partial charge in [-0.15, -0.1) is 16.3 Å². The van der Waals surface area contributed by atoms with Crippen molar-refractivity contribution in [2.24, 2.45) is 5.41 Å². The first kappa shape index (κ1) is 23.9. The summed E-state index contributed by atoms with van der Waals surface area (Å²) in [5.74, 6) is 0.447. The van der Waals surface area contributed by atoms with Gasteiger partial charge in [0, 0.05) is 36.3 Å². The Bertz CT molecular complexity index is 1370. The molecule has 198 valence electrons. The number of nitrogen functional groups attached to an aromatic ring is 1. The molecule has 0 radical (unpaired) electrons. The van der Waals surface area contributed by atoms with Crippen LogP contribution in [-0.4, -0.2) is 71.0 Å². The number of aromatic nitrogens is 3. The van der Waals surface area contributed by atoms with Gasteiger partial charge < -0.3 is 20.1 Å². The largest absolute Gasteiger partial charge is 0.462 e. The van der Waals surface area contributed by atoms with Crippen LogP contribution in [0.1, 0.15) is 54.5 Å². The lowest BCUT2D eigenvalue weighted by Crippen LogP contribution is -2.59. The highest BCUT2D eigenvalue weighted by Gasteiger charge is 2.53. The van der Waals surface area contributed by atoms with E-state index in [2.05, 4.69) is 36.9 Å². The molecule has 2 aromatic rings. The summed E-state index contributed by atoms with van der Waals surface area (Å²) in [7, 11) is 0. The lowest BCUT2D eigenvalue weighted by atomic mass is 9.74. The van der Waals surface area contributed by atoms with Crippen LogP contribution in [0, 0.1) is 28.1 Å². The van der Waals surface area contributed by atoms with Gasteiger partial charge in [0.1, 0.15) is 30.5 Å². The standard InChI is InChI=1S/C26H29FN8O2S/c27-16-8-26(3-1-7-35(26)10-16)15-37-23-32-21(31-22(33-23)36-14-24(11-29)5-6-24)34-12-25(13-34)4-2-18-19(25)17(9-28)20(30)38-18/h16H,1-8,10,12-15,30H2/t16-,26+/m1/s1. The molecule has 12 heteroatoms. The molecule has 2 aromatic heterocycles. The zero-order valence-electron chi connectivity index (χ0n) is 21.1. The van der Waals surface area contributed by atoms with Gasteiger partial charge in [-0.1, -0.05) is 0 Å². The molecular weight excluding hydrogens is 507 g/mol. The van der Waals surface area contributed by atoms with Gasteiger partial charge in [-0.2, -0.15) is 20.5 Å². The maximum absolute atomic E-state index is 14.2. The molecule has 5 heterocycles. The first-order valence-corrected chi connectivity index (χ1v) is 14.1. The zero-order valence-corrected chi connectivity index (χ0v) is 21.9. The number of rotatable bonds is 7. The van der Waals surface area contributed by atoms with Crippen LogP contribution < -0.4 is 20.1 Å². The van der Waals surface area contributed by atoms with Crippen LogP contribution in [0.4, 0.5) is 15.3 Å². The van der Waals surface area contributed by atoms with E-state index >= 15 is 0 Å². The first-order chi connectivity index (χ1) is 18.4. The highest BCUT2D eigenvalue weighted by molar-refractivity contribution is 7.16. The number of aryl methyl sites for hydroxylation is 1. The Morgan fingerprint density at radius 1 is 1.08 bits per heavy atom. The predicted octanol–water partition coefficient (Wildman–Crippen LogP) is 2.73. The molecule has 38 heavy (non-hydrogen) atoms. The van der Waals surface area contributed by atoms with Crippen LogP contribution in [-0.2, 0) is 11.8 Å². The Kier molecular flexibility index (Phi) is 5.27. The lowest BCUT2D eigenvalue weighted by molar-refractivity contribution is 0.106. The van der Waals surface area contributed by atoms with E-state index < -0.39 is 11.6 Å². The molecule has 5 aliphatic rings. The molecule has 3 saturated heterocycles. The summed E-state index contributed by atoms with van der Waals surface area (Å²) in [5, 5.41) is 19.8. The highest BCUT2D eigenvalue weighted by Crippen LogP contribution is 2.52. The predicted molar refractivity (Wildman–Crippen MR) is 137 cm³/mol. The summed E-state index contributed by atoms with van der Waals surface area (Å²) in [6, 6.07) is 4.92. The average molecular weight is 537 g/mol. The van der Waals surface area contributed by atoms with Crippen LogP contribution in [0.15, 0.2) is 0 Å². The van der Waals surface area contributed by atoms with Gasteiger partial charge in [0.05, 0.1) is 22.6 Å². The van der Waals surface area contributed by atoms with Gasteiger partial charge in [0.25, 0.3) is 0 Å². The third-order valence-corrected chi connectivity index (χ3v) is 10.2. The number of nitrogens with two attached hydrogens (primary N) is 1. The quantitative estimate of drug-likeness (QED) is 0.562. The van der Waals surface area contributed by atoms with Crippen molar-refractivity contribution < 1.29 is 13.9 Å². The molecule has 4 fully saturated rings. The number of halogens is 1. The number of nitriles is 2. The third kappa shape index (κ3) is 3.69. The number of nitrogens with zero attached hydrogens (tertiary/aromatic N) is 7. The van der Waals surface area contributed by atoms with Crippen LogP contribution in [0.3, 0.4) is 0 Å². The van der Waals surface area contributed by atoms with Crippen molar-refractivity contribution in [3.05, 3.63) is 16.0 Å². The Balaban J connectivity index is 1.13. The van der Waals surface area contributed by atoms with Crippen molar-refractivity contribution in [2.75, 3.05) is 50.0 Å². The van der Waals surface area contributed by atoms with Gasteiger partial charge in [-0.25, -0.2) is 4.39 Å². The smallest absolute Gasteiger partial charge is 0.324 e. The second-order valence-electron chi connectivity index (χ2n) is 11.6. The number of anilines is 2. The van der Waals surface area contributed by atoms with Crippen LogP contribution in [0.25, 0.3) is 0 Å². The van der Waals surface area contributed by atoms with E-state index in [1.165, 1.54) is 16.2 Å². The topological polar surface area (TPSA) is 137 Å². The summed E-state index contributed by atoms with van der Waals surface area (Å²) in [4.78, 5) is 19.1. The molecule has 2 atom stereocenters. The molecule has 0 unspecified atom stereocenters. The number of thiophene rings is 1. The second-order valence-corrected chi connectivity index (χ2v) is 12.8. The van der Waals surface area contributed by atoms with Crippen molar-refractivity contribution in [3.8, 4) is 24.2 Å².